The second-order valence-corrected chi connectivity index (χ2v) is 4.91. The highest BCUT2D eigenvalue weighted by Crippen LogP contribution is 2.20. The van der Waals surface area contributed by atoms with Gasteiger partial charge in [0.2, 0.25) is 11.8 Å². The SMILES string of the molecule is CCOCCc1c(C)noc1NC(=O)C(C)N(CC)CC. The van der Waals surface area contributed by atoms with E-state index >= 15 is 0 Å². The molecule has 0 saturated heterocycles. The quantitative estimate of drug-likeness (QED) is 0.708. The summed E-state index contributed by atoms with van der Waals surface area (Å²) < 4.78 is 10.6. The lowest BCUT2D eigenvalue weighted by molar-refractivity contribution is -0.120. The zero-order valence-electron chi connectivity index (χ0n) is 13.7. The third-order valence-electron chi connectivity index (χ3n) is 3.66. The number of nitrogens with zero attached hydrogens (tertiary/aromatic N) is 2. The molecule has 1 heterocycles. The summed E-state index contributed by atoms with van der Waals surface area (Å²) in [6.45, 7) is 12.7. The van der Waals surface area contributed by atoms with Crippen molar-refractivity contribution < 1.29 is 14.1 Å². The van der Waals surface area contributed by atoms with Gasteiger partial charge in [-0.2, -0.15) is 0 Å². The van der Waals surface area contributed by atoms with Gasteiger partial charge >= 0.3 is 0 Å². The van der Waals surface area contributed by atoms with E-state index < -0.39 is 0 Å². The number of likely N-dealkylation sites (N-methyl/N-ethyl adjacent to an activating group) is 1. The van der Waals surface area contributed by atoms with Crippen LogP contribution in [0.15, 0.2) is 4.52 Å². The Morgan fingerprint density at radius 1 is 1.38 bits per heavy atom. The monoisotopic (exact) mass is 297 g/mol. The molecule has 1 amide bonds. The molecule has 0 aromatic carbocycles. The number of rotatable bonds is 9. The van der Waals surface area contributed by atoms with Gasteiger partial charge in [0.1, 0.15) is 0 Å². The van der Waals surface area contributed by atoms with E-state index in [0.717, 1.165) is 24.3 Å². The van der Waals surface area contributed by atoms with Gasteiger partial charge in [0.05, 0.1) is 18.3 Å². The van der Waals surface area contributed by atoms with Crippen molar-refractivity contribution in [2.24, 2.45) is 0 Å². The Morgan fingerprint density at radius 2 is 2.05 bits per heavy atom. The van der Waals surface area contributed by atoms with Crippen LogP contribution in [0.25, 0.3) is 0 Å². The van der Waals surface area contributed by atoms with Crippen molar-refractivity contribution in [3.8, 4) is 0 Å². The first-order valence-electron chi connectivity index (χ1n) is 7.62. The molecule has 0 aliphatic carbocycles. The highest BCUT2D eigenvalue weighted by Gasteiger charge is 2.22. The fourth-order valence-electron chi connectivity index (χ4n) is 2.25. The van der Waals surface area contributed by atoms with Gasteiger partial charge < -0.3 is 9.26 Å². The normalized spacial score (nSPS) is 12.7. The van der Waals surface area contributed by atoms with E-state index in [1.165, 1.54) is 0 Å². The maximum absolute atomic E-state index is 12.3. The number of ether oxygens (including phenoxy) is 1. The maximum atomic E-state index is 12.3. The molecular formula is C15H27N3O3. The molecular weight excluding hydrogens is 270 g/mol. The first-order valence-corrected chi connectivity index (χ1v) is 7.62. The number of amides is 1. The smallest absolute Gasteiger partial charge is 0.243 e. The number of carbonyl (C=O) groups is 1. The number of aromatic nitrogens is 1. The lowest BCUT2D eigenvalue weighted by Gasteiger charge is -2.24. The van der Waals surface area contributed by atoms with Gasteiger partial charge in [-0.25, -0.2) is 0 Å². The predicted molar refractivity (Wildman–Crippen MR) is 82.4 cm³/mol. The van der Waals surface area contributed by atoms with Crippen LogP contribution in [0, 0.1) is 6.92 Å². The minimum absolute atomic E-state index is 0.0764. The van der Waals surface area contributed by atoms with Crippen molar-refractivity contribution in [1.29, 1.82) is 0 Å². The third-order valence-corrected chi connectivity index (χ3v) is 3.66. The molecule has 6 nitrogen and oxygen atoms in total. The predicted octanol–water partition coefficient (Wildman–Crippen LogP) is 2.23. The van der Waals surface area contributed by atoms with E-state index in [2.05, 4.69) is 15.4 Å². The van der Waals surface area contributed by atoms with Crippen molar-refractivity contribution in [2.75, 3.05) is 31.6 Å². The van der Waals surface area contributed by atoms with Crippen LogP contribution in [0.5, 0.6) is 0 Å². The van der Waals surface area contributed by atoms with Crippen LogP contribution in [0.2, 0.25) is 0 Å². The fourth-order valence-corrected chi connectivity index (χ4v) is 2.25. The molecule has 0 aliphatic rings. The lowest BCUT2D eigenvalue weighted by atomic mass is 10.2. The third kappa shape index (κ3) is 4.82. The van der Waals surface area contributed by atoms with E-state index in [4.69, 9.17) is 9.26 Å². The van der Waals surface area contributed by atoms with Gasteiger partial charge in [-0.05, 0) is 33.9 Å². The van der Waals surface area contributed by atoms with Gasteiger partial charge in [0.25, 0.3) is 0 Å². The van der Waals surface area contributed by atoms with E-state index in [1.54, 1.807) is 0 Å². The average Bonchev–Trinajstić information content (AvgIpc) is 2.81. The van der Waals surface area contributed by atoms with E-state index in [-0.39, 0.29) is 11.9 Å². The van der Waals surface area contributed by atoms with Crippen LogP contribution in [0.1, 0.15) is 39.0 Å². The lowest BCUT2D eigenvalue weighted by Crippen LogP contribution is -2.41. The number of aryl methyl sites for hydroxylation is 1. The Labute approximate surface area is 126 Å². The maximum Gasteiger partial charge on any atom is 0.243 e. The summed E-state index contributed by atoms with van der Waals surface area (Å²) in [7, 11) is 0. The standard InChI is InChI=1S/C15H27N3O3/c1-6-18(7-2)12(5)14(19)16-15-13(9-10-20-8-3)11(4)17-21-15/h12H,6-10H2,1-5H3,(H,16,19). The highest BCUT2D eigenvalue weighted by molar-refractivity contribution is 5.94. The summed E-state index contributed by atoms with van der Waals surface area (Å²) in [6, 6.07) is -0.204. The molecule has 0 spiro atoms. The van der Waals surface area contributed by atoms with Crippen LogP contribution >= 0.6 is 0 Å². The minimum Gasteiger partial charge on any atom is -0.381 e. The number of nitrogens with one attached hydrogen (secondary N) is 1. The Kier molecular flexibility index (Phi) is 7.39. The summed E-state index contributed by atoms with van der Waals surface area (Å²) in [6.07, 6.45) is 0.679. The van der Waals surface area contributed by atoms with Gasteiger partial charge in [-0.3, -0.25) is 15.0 Å². The van der Waals surface area contributed by atoms with E-state index in [9.17, 15) is 4.79 Å². The molecule has 21 heavy (non-hydrogen) atoms. The highest BCUT2D eigenvalue weighted by atomic mass is 16.5. The van der Waals surface area contributed by atoms with Crippen LogP contribution in [-0.4, -0.2) is 48.3 Å². The molecule has 120 valence electrons. The summed E-state index contributed by atoms with van der Waals surface area (Å²) in [4.78, 5) is 14.4. The molecule has 0 aliphatic heterocycles. The molecule has 0 saturated carbocycles. The van der Waals surface area contributed by atoms with Gasteiger partial charge in [0.15, 0.2) is 0 Å². The van der Waals surface area contributed by atoms with Crippen molar-refractivity contribution >= 4 is 11.8 Å². The van der Waals surface area contributed by atoms with Crippen molar-refractivity contribution in [3.63, 3.8) is 0 Å². The zero-order valence-corrected chi connectivity index (χ0v) is 13.7. The zero-order chi connectivity index (χ0) is 15.8. The Hall–Kier alpha value is -1.40. The van der Waals surface area contributed by atoms with E-state index in [1.807, 2.05) is 34.6 Å². The molecule has 1 aromatic heterocycles. The fraction of sp³-hybridized carbons (Fsp3) is 0.733. The van der Waals surface area contributed by atoms with Crippen LogP contribution in [-0.2, 0) is 16.0 Å². The Bertz CT molecular complexity index is 441. The molecule has 1 rings (SSSR count). The van der Waals surface area contributed by atoms with Gasteiger partial charge in [0, 0.05) is 18.6 Å². The topological polar surface area (TPSA) is 67.6 Å². The summed E-state index contributed by atoms with van der Waals surface area (Å²) in [5.41, 5.74) is 1.70. The molecule has 0 fully saturated rings. The summed E-state index contributed by atoms with van der Waals surface area (Å²) >= 11 is 0. The van der Waals surface area contributed by atoms with Gasteiger partial charge in [-0.1, -0.05) is 19.0 Å². The summed E-state index contributed by atoms with van der Waals surface area (Å²) in [5, 5.41) is 6.78. The second-order valence-electron chi connectivity index (χ2n) is 4.91. The molecule has 1 N–H and O–H groups in total. The van der Waals surface area contributed by atoms with Gasteiger partial charge in [-0.15, -0.1) is 0 Å². The number of anilines is 1. The van der Waals surface area contributed by atoms with Crippen molar-refractivity contribution in [3.05, 3.63) is 11.3 Å². The summed E-state index contributed by atoms with van der Waals surface area (Å²) in [5.74, 6) is 0.365. The Morgan fingerprint density at radius 3 is 2.62 bits per heavy atom. The number of carbonyl (C=O) groups excluding carboxylic acids is 1. The minimum atomic E-state index is -0.204. The van der Waals surface area contributed by atoms with Crippen LogP contribution in [0.4, 0.5) is 5.88 Å². The molecule has 0 bridgehead atoms. The second kappa shape index (κ2) is 8.79. The van der Waals surface area contributed by atoms with E-state index in [0.29, 0.717) is 25.5 Å². The number of hydrogen-bond donors (Lipinski definition) is 1. The van der Waals surface area contributed by atoms with Crippen molar-refractivity contribution in [1.82, 2.24) is 10.1 Å². The Balaban J connectivity index is 2.71. The first kappa shape index (κ1) is 17.7. The molecule has 1 aromatic rings. The molecule has 6 heteroatoms. The number of hydrogen-bond acceptors (Lipinski definition) is 5. The molecule has 1 atom stereocenters. The van der Waals surface area contributed by atoms with Crippen LogP contribution in [0.3, 0.4) is 0 Å². The average molecular weight is 297 g/mol. The van der Waals surface area contributed by atoms with Crippen molar-refractivity contribution in [2.45, 2.75) is 47.1 Å². The van der Waals surface area contributed by atoms with Crippen LogP contribution < -0.4 is 5.32 Å². The molecule has 0 radical (unpaired) electrons. The molecule has 1 unspecified atom stereocenters. The first-order chi connectivity index (χ1) is 10.0. The largest absolute Gasteiger partial charge is 0.381 e.